The van der Waals surface area contributed by atoms with Crippen LogP contribution in [0.2, 0.25) is 0 Å². The molecule has 0 aromatic carbocycles. The Morgan fingerprint density at radius 1 is 0.789 bits per heavy atom. The second-order valence-electron chi connectivity index (χ2n) is 6.66. The van der Waals surface area contributed by atoms with Gasteiger partial charge in [-0.2, -0.15) is 5.26 Å². The highest BCUT2D eigenvalue weighted by Gasteiger charge is 2.31. The average Bonchev–Trinajstić information content (AvgIpc) is 2.49. The molecule has 2 fully saturated rings. The summed E-state index contributed by atoms with van der Waals surface area (Å²) >= 11 is 0. The van der Waals surface area contributed by atoms with E-state index in [1.165, 1.54) is 51.4 Å². The lowest BCUT2D eigenvalue weighted by Crippen LogP contribution is -2.26. The summed E-state index contributed by atoms with van der Waals surface area (Å²) < 4.78 is 0. The second kappa shape index (κ2) is 8.62. The van der Waals surface area contributed by atoms with Crippen molar-refractivity contribution in [3.05, 3.63) is 0 Å². The van der Waals surface area contributed by atoms with Crippen molar-refractivity contribution in [2.24, 2.45) is 29.6 Å². The minimum atomic E-state index is 0.373. The summed E-state index contributed by atoms with van der Waals surface area (Å²) in [7, 11) is 0. The predicted molar refractivity (Wildman–Crippen MR) is 82.7 cm³/mol. The van der Waals surface area contributed by atoms with Gasteiger partial charge in [0.05, 0.1) is 6.07 Å². The third kappa shape index (κ3) is 4.83. The van der Waals surface area contributed by atoms with Gasteiger partial charge in [0.15, 0.2) is 0 Å². The quantitative estimate of drug-likeness (QED) is 0.617. The van der Waals surface area contributed by atoms with Gasteiger partial charge in [0, 0.05) is 5.92 Å². The Morgan fingerprint density at radius 3 is 1.58 bits per heavy atom. The maximum Gasteiger partial charge on any atom is 0.0655 e. The molecule has 2 aliphatic carbocycles. The third-order valence-corrected chi connectivity index (χ3v) is 5.38. The van der Waals surface area contributed by atoms with E-state index >= 15 is 0 Å². The molecule has 0 amide bonds. The normalized spacial score (nSPS) is 35.2. The molecule has 0 aromatic heterocycles. The molecule has 0 saturated heterocycles. The van der Waals surface area contributed by atoms with Crippen LogP contribution in [-0.4, -0.2) is 0 Å². The molecule has 0 aliphatic heterocycles. The fourth-order valence-electron chi connectivity index (χ4n) is 4.00. The van der Waals surface area contributed by atoms with E-state index in [0.29, 0.717) is 5.92 Å². The first-order valence-electron chi connectivity index (χ1n) is 8.60. The zero-order valence-electron chi connectivity index (χ0n) is 13.5. The fourth-order valence-corrected chi connectivity index (χ4v) is 4.00. The Hall–Kier alpha value is -0.510. The van der Waals surface area contributed by atoms with Crippen molar-refractivity contribution in [1.82, 2.24) is 0 Å². The van der Waals surface area contributed by atoms with E-state index in [1.54, 1.807) is 0 Å². The van der Waals surface area contributed by atoms with Crippen LogP contribution in [0.25, 0.3) is 0 Å². The summed E-state index contributed by atoms with van der Waals surface area (Å²) in [5, 5.41) is 8.93. The Bertz CT molecular complexity index is 260. The summed E-state index contributed by atoms with van der Waals surface area (Å²) in [6.45, 7) is 8.76. The Balaban J connectivity index is 0.000000861. The molecule has 2 aliphatic rings. The Kier molecular flexibility index (Phi) is 7.51. The van der Waals surface area contributed by atoms with Gasteiger partial charge >= 0.3 is 0 Å². The zero-order chi connectivity index (χ0) is 14.3. The summed E-state index contributed by atoms with van der Waals surface area (Å²) in [4.78, 5) is 0. The lowest BCUT2D eigenvalue weighted by molar-refractivity contribution is 0.140. The summed E-state index contributed by atoms with van der Waals surface area (Å²) in [5.41, 5.74) is 0. The molecule has 1 heteroatoms. The van der Waals surface area contributed by atoms with Gasteiger partial charge in [-0.3, -0.25) is 0 Å². The number of hydrogen-bond donors (Lipinski definition) is 0. The lowest BCUT2D eigenvalue weighted by Gasteiger charge is -2.37. The van der Waals surface area contributed by atoms with Crippen molar-refractivity contribution in [2.75, 3.05) is 0 Å². The maximum absolute atomic E-state index is 8.93. The minimum absolute atomic E-state index is 0.373. The van der Waals surface area contributed by atoms with Crippen molar-refractivity contribution < 1.29 is 0 Å². The molecule has 1 nitrogen and oxygen atoms in total. The van der Waals surface area contributed by atoms with E-state index in [9.17, 15) is 0 Å². The number of rotatable bonds is 2. The van der Waals surface area contributed by atoms with Gasteiger partial charge in [-0.25, -0.2) is 0 Å². The summed E-state index contributed by atoms with van der Waals surface area (Å²) in [6.07, 6.45) is 10.8. The monoisotopic (exact) mass is 263 g/mol. The number of hydrogen-bond acceptors (Lipinski definition) is 1. The molecule has 19 heavy (non-hydrogen) atoms. The number of nitriles is 1. The molecular formula is C18H33N. The van der Waals surface area contributed by atoms with Gasteiger partial charge in [0.2, 0.25) is 0 Å². The van der Waals surface area contributed by atoms with Crippen LogP contribution in [0.5, 0.6) is 0 Å². The van der Waals surface area contributed by atoms with E-state index in [2.05, 4.69) is 19.9 Å². The van der Waals surface area contributed by atoms with Crippen LogP contribution in [0.1, 0.15) is 79.1 Å². The topological polar surface area (TPSA) is 23.8 Å². The SMILES string of the molecule is CC.CC(C)C1CCC(C2CCC(C#N)CC2)CC1. The van der Waals surface area contributed by atoms with Crippen molar-refractivity contribution in [3.8, 4) is 6.07 Å². The summed E-state index contributed by atoms with van der Waals surface area (Å²) in [6, 6.07) is 2.45. The molecule has 0 atom stereocenters. The van der Waals surface area contributed by atoms with Crippen molar-refractivity contribution >= 4 is 0 Å². The molecule has 2 saturated carbocycles. The van der Waals surface area contributed by atoms with Crippen LogP contribution < -0.4 is 0 Å². The van der Waals surface area contributed by atoms with Gasteiger partial charge < -0.3 is 0 Å². The van der Waals surface area contributed by atoms with Crippen LogP contribution in [0.3, 0.4) is 0 Å². The maximum atomic E-state index is 8.93. The molecule has 0 bridgehead atoms. The van der Waals surface area contributed by atoms with E-state index < -0.39 is 0 Å². The fraction of sp³-hybridized carbons (Fsp3) is 0.944. The molecular weight excluding hydrogens is 230 g/mol. The van der Waals surface area contributed by atoms with E-state index in [-0.39, 0.29) is 0 Å². The smallest absolute Gasteiger partial charge is 0.0655 e. The predicted octanol–water partition coefficient (Wildman–Crippen LogP) is 5.80. The first kappa shape index (κ1) is 16.5. The van der Waals surface area contributed by atoms with E-state index in [4.69, 9.17) is 5.26 Å². The number of nitrogens with zero attached hydrogens (tertiary/aromatic N) is 1. The molecule has 0 spiro atoms. The largest absolute Gasteiger partial charge is 0.198 e. The van der Waals surface area contributed by atoms with E-state index in [0.717, 1.165) is 23.7 Å². The van der Waals surface area contributed by atoms with Crippen LogP contribution in [0.4, 0.5) is 0 Å². The molecule has 2 rings (SSSR count). The summed E-state index contributed by atoms with van der Waals surface area (Å²) in [5.74, 6) is 4.18. The zero-order valence-corrected chi connectivity index (χ0v) is 13.5. The van der Waals surface area contributed by atoms with Crippen molar-refractivity contribution in [3.63, 3.8) is 0 Å². The first-order valence-corrected chi connectivity index (χ1v) is 8.60. The van der Waals surface area contributed by atoms with Gasteiger partial charge in [-0.1, -0.05) is 27.7 Å². The highest BCUT2D eigenvalue weighted by Crippen LogP contribution is 2.42. The molecule has 0 heterocycles. The molecule has 110 valence electrons. The average molecular weight is 263 g/mol. The highest BCUT2D eigenvalue weighted by molar-refractivity contribution is 4.89. The minimum Gasteiger partial charge on any atom is -0.198 e. The van der Waals surface area contributed by atoms with Crippen molar-refractivity contribution in [1.29, 1.82) is 5.26 Å². The Morgan fingerprint density at radius 2 is 1.21 bits per heavy atom. The van der Waals surface area contributed by atoms with Gasteiger partial charge in [-0.15, -0.1) is 0 Å². The third-order valence-electron chi connectivity index (χ3n) is 5.38. The lowest BCUT2D eigenvalue weighted by atomic mass is 9.68. The van der Waals surface area contributed by atoms with Crippen LogP contribution in [0.15, 0.2) is 0 Å². The Labute approximate surface area is 120 Å². The van der Waals surface area contributed by atoms with Crippen LogP contribution in [-0.2, 0) is 0 Å². The second-order valence-corrected chi connectivity index (χ2v) is 6.66. The first-order chi connectivity index (χ1) is 9.20. The molecule has 0 radical (unpaired) electrons. The van der Waals surface area contributed by atoms with Gasteiger partial charge in [-0.05, 0) is 75.0 Å². The molecule has 0 aromatic rings. The van der Waals surface area contributed by atoms with Gasteiger partial charge in [0.25, 0.3) is 0 Å². The van der Waals surface area contributed by atoms with E-state index in [1.807, 2.05) is 13.8 Å². The van der Waals surface area contributed by atoms with Crippen LogP contribution >= 0.6 is 0 Å². The molecule has 0 N–H and O–H groups in total. The standard InChI is InChI=1S/C16H27N.C2H6/c1-12(2)14-7-9-16(10-8-14)15-5-3-13(11-17)4-6-15;1-2/h12-16H,3-10H2,1-2H3;1-2H3. The van der Waals surface area contributed by atoms with Gasteiger partial charge in [0.1, 0.15) is 0 Å². The highest BCUT2D eigenvalue weighted by atomic mass is 14.4. The molecule has 0 unspecified atom stereocenters. The van der Waals surface area contributed by atoms with Crippen molar-refractivity contribution in [2.45, 2.75) is 79.1 Å². The van der Waals surface area contributed by atoms with Crippen LogP contribution in [0, 0.1) is 40.9 Å².